The topological polar surface area (TPSA) is 61.5 Å². The zero-order valence-electron chi connectivity index (χ0n) is 11.8. The molecule has 0 unspecified atom stereocenters. The number of nitrogens with two attached hydrogens (primary N) is 1. The van der Waals surface area contributed by atoms with E-state index in [2.05, 4.69) is 12.1 Å². The molecule has 2 aromatic carbocycles. The second-order valence-electron chi connectivity index (χ2n) is 4.64. The minimum absolute atomic E-state index is 0.125. The van der Waals surface area contributed by atoms with Crippen LogP contribution in [0.2, 0.25) is 0 Å². The first kappa shape index (κ1) is 14.9. The molecule has 4 nitrogen and oxygen atoms in total. The van der Waals surface area contributed by atoms with Gasteiger partial charge in [-0.15, -0.1) is 0 Å². The van der Waals surface area contributed by atoms with Gasteiger partial charge in [-0.2, -0.15) is 0 Å². The van der Waals surface area contributed by atoms with Gasteiger partial charge in [-0.1, -0.05) is 42.5 Å². The highest BCUT2D eigenvalue weighted by Gasteiger charge is 2.05. The van der Waals surface area contributed by atoms with Gasteiger partial charge in [0.15, 0.2) is 6.61 Å². The quantitative estimate of drug-likeness (QED) is 0.483. The van der Waals surface area contributed by atoms with Gasteiger partial charge < -0.3 is 15.2 Å². The van der Waals surface area contributed by atoms with Crippen molar-refractivity contribution < 1.29 is 14.3 Å². The summed E-state index contributed by atoms with van der Waals surface area (Å²) in [6, 6.07) is 17.2. The number of aryl methyl sites for hydroxylation is 1. The predicted octanol–water partition coefficient (Wildman–Crippen LogP) is 2.82. The zero-order valence-corrected chi connectivity index (χ0v) is 11.8. The summed E-state index contributed by atoms with van der Waals surface area (Å²) in [6.45, 7) is 0.265. The maximum absolute atomic E-state index is 11.6. The van der Waals surface area contributed by atoms with E-state index in [1.165, 1.54) is 5.56 Å². The molecule has 0 spiro atoms. The van der Waals surface area contributed by atoms with Crippen LogP contribution in [-0.2, 0) is 16.0 Å². The lowest BCUT2D eigenvalue weighted by atomic mass is 10.1. The molecule has 0 aliphatic heterocycles. The Morgan fingerprint density at radius 3 is 2.48 bits per heavy atom. The number of rotatable bonds is 7. The number of ether oxygens (including phenoxy) is 2. The molecule has 2 N–H and O–H groups in total. The molecule has 0 aromatic heterocycles. The Morgan fingerprint density at radius 1 is 1.00 bits per heavy atom. The van der Waals surface area contributed by atoms with Crippen LogP contribution in [-0.4, -0.2) is 19.2 Å². The van der Waals surface area contributed by atoms with Crippen molar-refractivity contribution in [1.29, 1.82) is 0 Å². The number of carbonyl (C=O) groups excluding carboxylic acids is 1. The minimum atomic E-state index is -0.383. The summed E-state index contributed by atoms with van der Waals surface area (Å²) in [5.41, 5.74) is 7.46. The molecule has 0 amide bonds. The third kappa shape index (κ3) is 5.18. The maximum Gasteiger partial charge on any atom is 0.344 e. The number of esters is 1. The standard InChI is InChI=1S/C17H19NO3/c18-15-10-4-5-11-16(15)21-13-17(19)20-12-6-9-14-7-2-1-3-8-14/h1-5,7-8,10-11H,6,9,12-13,18H2. The fourth-order valence-corrected chi connectivity index (χ4v) is 1.90. The van der Waals surface area contributed by atoms with Crippen molar-refractivity contribution >= 4 is 11.7 Å². The first-order chi connectivity index (χ1) is 10.3. The van der Waals surface area contributed by atoms with Gasteiger partial charge in [-0.25, -0.2) is 4.79 Å². The van der Waals surface area contributed by atoms with Crippen molar-refractivity contribution in [1.82, 2.24) is 0 Å². The van der Waals surface area contributed by atoms with E-state index in [0.717, 1.165) is 12.8 Å². The molecule has 21 heavy (non-hydrogen) atoms. The third-order valence-electron chi connectivity index (χ3n) is 2.98. The van der Waals surface area contributed by atoms with Crippen molar-refractivity contribution in [2.75, 3.05) is 18.9 Å². The highest BCUT2D eigenvalue weighted by molar-refractivity contribution is 5.71. The molecule has 0 heterocycles. The molecule has 0 atom stereocenters. The van der Waals surface area contributed by atoms with Crippen molar-refractivity contribution in [3.05, 3.63) is 60.2 Å². The van der Waals surface area contributed by atoms with Gasteiger partial charge in [-0.05, 0) is 30.5 Å². The Bertz CT molecular complexity index is 569. The van der Waals surface area contributed by atoms with Crippen LogP contribution in [0.5, 0.6) is 5.75 Å². The smallest absolute Gasteiger partial charge is 0.344 e. The second-order valence-corrected chi connectivity index (χ2v) is 4.64. The van der Waals surface area contributed by atoms with Gasteiger partial charge in [0.2, 0.25) is 0 Å². The predicted molar refractivity (Wildman–Crippen MR) is 82.1 cm³/mol. The van der Waals surface area contributed by atoms with Crippen molar-refractivity contribution in [3.8, 4) is 5.75 Å². The molecular weight excluding hydrogens is 266 g/mol. The van der Waals surface area contributed by atoms with E-state index in [9.17, 15) is 4.79 Å². The van der Waals surface area contributed by atoms with Crippen LogP contribution in [0.4, 0.5) is 5.69 Å². The van der Waals surface area contributed by atoms with Crippen LogP contribution in [0.1, 0.15) is 12.0 Å². The molecule has 2 rings (SSSR count). The zero-order chi connectivity index (χ0) is 14.9. The Labute approximate surface area is 124 Å². The lowest BCUT2D eigenvalue weighted by Crippen LogP contribution is -2.16. The Balaban J connectivity index is 1.63. The summed E-state index contributed by atoms with van der Waals surface area (Å²) in [7, 11) is 0. The average molecular weight is 285 g/mol. The molecule has 0 saturated carbocycles. The first-order valence-corrected chi connectivity index (χ1v) is 6.92. The fraction of sp³-hybridized carbons (Fsp3) is 0.235. The molecule has 0 aliphatic rings. The van der Waals surface area contributed by atoms with Gasteiger partial charge in [-0.3, -0.25) is 0 Å². The fourth-order valence-electron chi connectivity index (χ4n) is 1.90. The molecule has 0 radical (unpaired) electrons. The Morgan fingerprint density at radius 2 is 1.71 bits per heavy atom. The average Bonchev–Trinajstić information content (AvgIpc) is 2.52. The molecular formula is C17H19NO3. The van der Waals surface area contributed by atoms with Crippen molar-refractivity contribution in [3.63, 3.8) is 0 Å². The lowest BCUT2D eigenvalue weighted by Gasteiger charge is -2.08. The Hall–Kier alpha value is -2.49. The van der Waals surface area contributed by atoms with E-state index in [0.29, 0.717) is 18.0 Å². The molecule has 0 saturated heterocycles. The number of hydrogen-bond donors (Lipinski definition) is 1. The Kier molecular flexibility index (Phi) is 5.64. The molecule has 0 bridgehead atoms. The number of anilines is 1. The van der Waals surface area contributed by atoms with Crippen molar-refractivity contribution in [2.45, 2.75) is 12.8 Å². The van der Waals surface area contributed by atoms with Gasteiger partial charge >= 0.3 is 5.97 Å². The third-order valence-corrected chi connectivity index (χ3v) is 2.98. The normalized spacial score (nSPS) is 10.1. The van der Waals surface area contributed by atoms with Gasteiger partial charge in [0.25, 0.3) is 0 Å². The van der Waals surface area contributed by atoms with Crippen LogP contribution >= 0.6 is 0 Å². The van der Waals surface area contributed by atoms with E-state index in [-0.39, 0.29) is 12.6 Å². The first-order valence-electron chi connectivity index (χ1n) is 6.92. The SMILES string of the molecule is Nc1ccccc1OCC(=O)OCCCc1ccccc1. The number of carbonyl (C=O) groups is 1. The number of benzene rings is 2. The van der Waals surface area contributed by atoms with Gasteiger partial charge in [0, 0.05) is 0 Å². The summed E-state index contributed by atoms with van der Waals surface area (Å²) >= 11 is 0. The molecule has 2 aromatic rings. The van der Waals surface area contributed by atoms with Crippen LogP contribution in [0.15, 0.2) is 54.6 Å². The van der Waals surface area contributed by atoms with E-state index >= 15 is 0 Å². The number of nitrogen functional groups attached to an aromatic ring is 1. The molecule has 4 heteroatoms. The summed E-state index contributed by atoms with van der Waals surface area (Å²) in [4.78, 5) is 11.6. The van der Waals surface area contributed by atoms with E-state index in [1.807, 2.05) is 24.3 Å². The van der Waals surface area contributed by atoms with Crippen LogP contribution in [0.3, 0.4) is 0 Å². The summed E-state index contributed by atoms with van der Waals surface area (Å²) in [5.74, 6) is 0.116. The summed E-state index contributed by atoms with van der Waals surface area (Å²) in [5, 5.41) is 0. The number of hydrogen-bond acceptors (Lipinski definition) is 4. The van der Waals surface area contributed by atoms with Gasteiger partial charge in [0.05, 0.1) is 12.3 Å². The van der Waals surface area contributed by atoms with Gasteiger partial charge in [0.1, 0.15) is 5.75 Å². The number of para-hydroxylation sites is 2. The lowest BCUT2D eigenvalue weighted by molar-refractivity contribution is -0.146. The maximum atomic E-state index is 11.6. The molecule has 110 valence electrons. The minimum Gasteiger partial charge on any atom is -0.480 e. The highest BCUT2D eigenvalue weighted by Crippen LogP contribution is 2.19. The van der Waals surface area contributed by atoms with Crippen molar-refractivity contribution in [2.24, 2.45) is 0 Å². The van der Waals surface area contributed by atoms with Crippen LogP contribution in [0, 0.1) is 0 Å². The van der Waals surface area contributed by atoms with Crippen LogP contribution in [0.25, 0.3) is 0 Å². The highest BCUT2D eigenvalue weighted by atomic mass is 16.6. The van der Waals surface area contributed by atoms with E-state index in [1.54, 1.807) is 18.2 Å². The molecule has 0 fully saturated rings. The summed E-state index contributed by atoms with van der Waals surface area (Å²) < 4.78 is 10.4. The second kappa shape index (κ2) is 7.94. The largest absolute Gasteiger partial charge is 0.480 e. The summed E-state index contributed by atoms with van der Waals surface area (Å²) in [6.07, 6.45) is 1.68. The molecule has 0 aliphatic carbocycles. The van der Waals surface area contributed by atoms with E-state index in [4.69, 9.17) is 15.2 Å². The van der Waals surface area contributed by atoms with E-state index < -0.39 is 0 Å². The monoisotopic (exact) mass is 285 g/mol. The van der Waals surface area contributed by atoms with Crippen LogP contribution < -0.4 is 10.5 Å².